The van der Waals surface area contributed by atoms with Crippen LogP contribution in [0.4, 0.5) is 0 Å². The minimum atomic E-state index is -3.71. The van der Waals surface area contributed by atoms with Crippen molar-refractivity contribution in [3.63, 3.8) is 0 Å². The van der Waals surface area contributed by atoms with E-state index in [9.17, 15) is 8.42 Å². The first kappa shape index (κ1) is 20.4. The summed E-state index contributed by atoms with van der Waals surface area (Å²) in [5.74, 6) is 0. The van der Waals surface area contributed by atoms with Crippen LogP contribution in [0.25, 0.3) is 22.4 Å². The van der Waals surface area contributed by atoms with Gasteiger partial charge in [0.1, 0.15) is 6.10 Å². The van der Waals surface area contributed by atoms with Gasteiger partial charge in [0.05, 0.1) is 10.7 Å². The predicted molar refractivity (Wildman–Crippen MR) is 115 cm³/mol. The Hall–Kier alpha value is -1.86. The lowest BCUT2D eigenvalue weighted by atomic mass is 10.0. The Morgan fingerprint density at radius 3 is 2.21 bits per heavy atom. The maximum atomic E-state index is 12.6. The molecule has 1 saturated carbocycles. The summed E-state index contributed by atoms with van der Waals surface area (Å²) >= 11 is 18.5. The normalized spacial score (nSPS) is 14.1. The fourth-order valence-electron chi connectivity index (χ4n) is 2.83. The molecule has 29 heavy (non-hydrogen) atoms. The highest BCUT2D eigenvalue weighted by Crippen LogP contribution is 2.40. The number of hydrogen-bond donors (Lipinski definition) is 0. The van der Waals surface area contributed by atoms with E-state index in [4.69, 9.17) is 39.5 Å². The van der Waals surface area contributed by atoms with Crippen LogP contribution in [0.1, 0.15) is 12.8 Å². The summed E-state index contributed by atoms with van der Waals surface area (Å²) in [6.45, 7) is 0. The van der Waals surface area contributed by atoms with Gasteiger partial charge in [-0.25, -0.2) is 8.42 Å². The molecule has 1 aliphatic carbocycles. The van der Waals surface area contributed by atoms with Crippen LogP contribution in [0.15, 0.2) is 47.5 Å². The van der Waals surface area contributed by atoms with Crippen molar-refractivity contribution in [2.45, 2.75) is 24.0 Å². The van der Waals surface area contributed by atoms with E-state index < -0.39 is 9.84 Å². The molecule has 9 heteroatoms. The number of ether oxygens (including phenoxy) is 1. The molecule has 0 N–H and O–H groups in total. The van der Waals surface area contributed by atoms with Gasteiger partial charge in [-0.3, -0.25) is 0 Å². The molecule has 2 aromatic carbocycles. The van der Waals surface area contributed by atoms with Gasteiger partial charge in [-0.2, -0.15) is 9.97 Å². The van der Waals surface area contributed by atoms with Crippen molar-refractivity contribution < 1.29 is 13.2 Å². The maximum Gasteiger partial charge on any atom is 0.318 e. The van der Waals surface area contributed by atoms with Crippen molar-refractivity contribution in [2.75, 3.05) is 6.26 Å². The monoisotopic (exact) mass is 468 g/mol. The summed E-state index contributed by atoms with van der Waals surface area (Å²) < 4.78 is 31.0. The number of nitrogens with zero attached hydrogens (tertiary/aromatic N) is 2. The molecule has 0 amide bonds. The van der Waals surface area contributed by atoms with Gasteiger partial charge in [-0.1, -0.05) is 46.9 Å². The minimum Gasteiger partial charge on any atom is -0.460 e. The number of sulfone groups is 1. The third-order valence-electron chi connectivity index (χ3n) is 4.32. The van der Waals surface area contributed by atoms with Gasteiger partial charge >= 0.3 is 6.01 Å². The zero-order valence-corrected chi connectivity index (χ0v) is 18.3. The van der Waals surface area contributed by atoms with Crippen LogP contribution < -0.4 is 4.74 Å². The summed E-state index contributed by atoms with van der Waals surface area (Å²) in [4.78, 5) is 8.76. The topological polar surface area (TPSA) is 69.2 Å². The fourth-order valence-corrected chi connectivity index (χ4v) is 4.28. The molecular weight excluding hydrogens is 455 g/mol. The van der Waals surface area contributed by atoms with E-state index in [1.54, 1.807) is 42.5 Å². The molecule has 1 aromatic heterocycles. The van der Waals surface area contributed by atoms with Gasteiger partial charge in [0.15, 0.2) is 14.9 Å². The van der Waals surface area contributed by atoms with E-state index in [0.29, 0.717) is 37.5 Å². The van der Waals surface area contributed by atoms with Crippen molar-refractivity contribution in [3.8, 4) is 28.4 Å². The zero-order valence-electron chi connectivity index (χ0n) is 15.2. The van der Waals surface area contributed by atoms with Crippen molar-refractivity contribution in [1.82, 2.24) is 9.97 Å². The Balaban J connectivity index is 2.05. The molecule has 1 heterocycles. The summed E-state index contributed by atoms with van der Waals surface area (Å²) in [5.41, 5.74) is 1.79. The van der Waals surface area contributed by atoms with E-state index in [0.717, 1.165) is 19.1 Å². The van der Waals surface area contributed by atoms with Gasteiger partial charge in [0.2, 0.25) is 0 Å². The molecule has 150 valence electrons. The molecule has 0 unspecified atom stereocenters. The minimum absolute atomic E-state index is 0.00247. The van der Waals surface area contributed by atoms with E-state index >= 15 is 0 Å². The Labute approximate surface area is 183 Å². The average Bonchev–Trinajstić information content (AvgIpc) is 3.45. The molecule has 0 bridgehead atoms. The Kier molecular flexibility index (Phi) is 5.46. The largest absolute Gasteiger partial charge is 0.460 e. The molecule has 3 aromatic rings. The first-order valence-electron chi connectivity index (χ1n) is 8.72. The van der Waals surface area contributed by atoms with Gasteiger partial charge in [0.25, 0.3) is 0 Å². The highest BCUT2D eigenvalue weighted by atomic mass is 35.5. The SMILES string of the molecule is CS(=O)(=O)c1nc(OC2CC2)nc(-c2ccc(Cl)cc2Cl)c1-c1ccc(Cl)cc1. The molecule has 0 atom stereocenters. The smallest absolute Gasteiger partial charge is 0.318 e. The van der Waals surface area contributed by atoms with Crippen LogP contribution in [0, 0.1) is 0 Å². The van der Waals surface area contributed by atoms with E-state index in [1.807, 2.05) is 0 Å². The number of aromatic nitrogens is 2. The van der Waals surface area contributed by atoms with E-state index in [1.165, 1.54) is 0 Å². The third kappa shape index (κ3) is 4.51. The molecule has 1 fully saturated rings. The highest BCUT2D eigenvalue weighted by molar-refractivity contribution is 7.90. The van der Waals surface area contributed by atoms with E-state index in [2.05, 4.69) is 9.97 Å². The first-order chi connectivity index (χ1) is 13.7. The number of benzene rings is 2. The average molecular weight is 470 g/mol. The Bertz CT molecular complexity index is 1190. The second-order valence-corrected chi connectivity index (χ2v) is 9.97. The van der Waals surface area contributed by atoms with Crippen LogP contribution in [-0.2, 0) is 9.84 Å². The van der Waals surface area contributed by atoms with Crippen molar-refractivity contribution in [2.24, 2.45) is 0 Å². The second kappa shape index (κ2) is 7.76. The van der Waals surface area contributed by atoms with Crippen LogP contribution in [-0.4, -0.2) is 30.7 Å². The summed E-state index contributed by atoms with van der Waals surface area (Å²) in [5, 5.41) is 1.18. The van der Waals surface area contributed by atoms with Crippen LogP contribution in [0.2, 0.25) is 15.1 Å². The number of rotatable bonds is 5. The zero-order chi connectivity index (χ0) is 20.8. The molecule has 0 radical (unpaired) electrons. The number of halogens is 3. The molecule has 5 nitrogen and oxygen atoms in total. The fraction of sp³-hybridized carbons (Fsp3) is 0.200. The first-order valence-corrected chi connectivity index (χ1v) is 11.7. The highest BCUT2D eigenvalue weighted by Gasteiger charge is 2.29. The van der Waals surface area contributed by atoms with Gasteiger partial charge in [-0.15, -0.1) is 0 Å². The summed E-state index contributed by atoms with van der Waals surface area (Å²) in [6.07, 6.45) is 2.86. The van der Waals surface area contributed by atoms with Crippen molar-refractivity contribution in [3.05, 3.63) is 57.5 Å². The van der Waals surface area contributed by atoms with Gasteiger partial charge < -0.3 is 4.74 Å². The third-order valence-corrected chi connectivity index (χ3v) is 6.12. The standard InChI is InChI=1S/C20H15Cl3N2O3S/c1-29(26,27)19-17(11-2-4-12(21)5-3-11)18(15-9-6-13(22)10-16(15)23)24-20(25-19)28-14-7-8-14/h2-6,9-10,14H,7-8H2,1H3. The molecule has 0 aliphatic heterocycles. The Morgan fingerprint density at radius 1 is 0.966 bits per heavy atom. The van der Waals surface area contributed by atoms with Crippen LogP contribution in [0.5, 0.6) is 6.01 Å². The summed E-state index contributed by atoms with van der Waals surface area (Å²) in [6, 6.07) is 11.7. The molecule has 1 aliphatic rings. The van der Waals surface area contributed by atoms with Crippen LogP contribution >= 0.6 is 34.8 Å². The van der Waals surface area contributed by atoms with Crippen molar-refractivity contribution in [1.29, 1.82) is 0 Å². The van der Waals surface area contributed by atoms with Crippen LogP contribution in [0.3, 0.4) is 0 Å². The quantitative estimate of drug-likeness (QED) is 0.447. The lowest BCUT2D eigenvalue weighted by Crippen LogP contribution is -2.10. The number of hydrogen-bond acceptors (Lipinski definition) is 5. The predicted octanol–water partition coefficient (Wildman–Crippen LogP) is 5.72. The lowest BCUT2D eigenvalue weighted by Gasteiger charge is -2.16. The van der Waals surface area contributed by atoms with Crippen molar-refractivity contribution >= 4 is 44.6 Å². The maximum absolute atomic E-state index is 12.6. The van der Waals surface area contributed by atoms with Gasteiger partial charge in [0, 0.05) is 27.4 Å². The Morgan fingerprint density at radius 2 is 1.62 bits per heavy atom. The lowest BCUT2D eigenvalue weighted by molar-refractivity contribution is 0.276. The second-order valence-electron chi connectivity index (χ2n) is 6.76. The van der Waals surface area contributed by atoms with E-state index in [-0.39, 0.29) is 17.1 Å². The van der Waals surface area contributed by atoms with Gasteiger partial charge in [-0.05, 0) is 48.7 Å². The molecule has 0 spiro atoms. The summed E-state index contributed by atoms with van der Waals surface area (Å²) in [7, 11) is -3.71. The molecular formula is C20H15Cl3N2O3S. The molecule has 4 rings (SSSR count). The molecule has 0 saturated heterocycles.